The van der Waals surface area contributed by atoms with Crippen LogP contribution in [-0.4, -0.2) is 25.9 Å². The van der Waals surface area contributed by atoms with E-state index in [0.29, 0.717) is 22.9 Å². The van der Waals surface area contributed by atoms with Crippen LogP contribution in [0.2, 0.25) is 5.15 Å². The first kappa shape index (κ1) is 16.6. The second-order valence-corrected chi connectivity index (χ2v) is 6.31. The number of aryl methyl sites for hydroxylation is 1. The van der Waals surface area contributed by atoms with Crippen molar-refractivity contribution in [3.05, 3.63) is 63.9 Å². The predicted octanol–water partition coefficient (Wildman–Crippen LogP) is 3.38. The van der Waals surface area contributed by atoms with Gasteiger partial charge in [0.15, 0.2) is 22.6 Å². The van der Waals surface area contributed by atoms with Crippen molar-refractivity contribution >= 4 is 23.3 Å². The molecule has 1 unspecified atom stereocenters. The van der Waals surface area contributed by atoms with Crippen LogP contribution in [0.15, 0.2) is 30.3 Å². The van der Waals surface area contributed by atoms with Crippen molar-refractivity contribution in [2.75, 3.05) is 5.32 Å². The van der Waals surface area contributed by atoms with Gasteiger partial charge in [0.05, 0.1) is 5.69 Å². The van der Waals surface area contributed by atoms with E-state index in [0.717, 1.165) is 6.07 Å². The van der Waals surface area contributed by atoms with Crippen LogP contribution in [0.3, 0.4) is 0 Å². The summed E-state index contributed by atoms with van der Waals surface area (Å²) in [5.41, 5.74) is 1.31. The number of halogens is 3. The number of fused-ring (bicyclic) bond motifs is 1. The lowest BCUT2D eigenvalue weighted by Gasteiger charge is -2.24. The van der Waals surface area contributed by atoms with E-state index in [-0.39, 0.29) is 23.0 Å². The van der Waals surface area contributed by atoms with E-state index in [1.54, 1.807) is 19.1 Å². The second-order valence-electron chi connectivity index (χ2n) is 5.92. The molecule has 1 aromatic carbocycles. The van der Waals surface area contributed by atoms with Gasteiger partial charge < -0.3 is 5.32 Å². The largest absolute Gasteiger partial charge is 0.310 e. The van der Waals surface area contributed by atoms with Crippen LogP contribution < -0.4 is 5.32 Å². The van der Waals surface area contributed by atoms with Crippen LogP contribution in [-0.2, 0) is 4.79 Å². The van der Waals surface area contributed by atoms with E-state index in [9.17, 15) is 13.6 Å². The first-order chi connectivity index (χ1) is 12.5. The third-order valence-corrected chi connectivity index (χ3v) is 4.50. The first-order valence-corrected chi connectivity index (χ1v) is 8.16. The number of hydrogen-bond acceptors (Lipinski definition) is 4. The van der Waals surface area contributed by atoms with Crippen molar-refractivity contribution in [2.45, 2.75) is 19.3 Å². The number of nitrogens with zero attached hydrogens (tertiary/aromatic N) is 4. The highest BCUT2D eigenvalue weighted by Crippen LogP contribution is 2.41. The van der Waals surface area contributed by atoms with Crippen LogP contribution in [0.1, 0.15) is 29.2 Å². The molecule has 2 aromatic heterocycles. The number of benzene rings is 1. The summed E-state index contributed by atoms with van der Waals surface area (Å²) in [5, 5.41) is 15.1. The fraction of sp³-hybridized carbons (Fsp3) is 0.176. The molecule has 1 atom stereocenters. The van der Waals surface area contributed by atoms with E-state index in [2.05, 4.69) is 20.6 Å². The molecule has 26 heavy (non-hydrogen) atoms. The molecule has 0 bridgehead atoms. The van der Waals surface area contributed by atoms with Crippen molar-refractivity contribution in [2.24, 2.45) is 0 Å². The Hall–Kier alpha value is -2.87. The third kappa shape index (κ3) is 2.62. The summed E-state index contributed by atoms with van der Waals surface area (Å²) in [5.74, 6) is -2.18. The number of rotatable bonds is 2. The zero-order chi connectivity index (χ0) is 18.4. The Morgan fingerprint density at radius 2 is 2.04 bits per heavy atom. The highest BCUT2D eigenvalue weighted by Gasteiger charge is 2.34. The van der Waals surface area contributed by atoms with E-state index < -0.39 is 17.6 Å². The fourth-order valence-electron chi connectivity index (χ4n) is 3.19. The maximum absolute atomic E-state index is 14.3. The van der Waals surface area contributed by atoms with Gasteiger partial charge in [-0.2, -0.15) is 9.78 Å². The Labute approximate surface area is 151 Å². The summed E-state index contributed by atoms with van der Waals surface area (Å²) in [6, 6.07) is 7.08. The Balaban J connectivity index is 1.90. The summed E-state index contributed by atoms with van der Waals surface area (Å²) in [4.78, 5) is 12.2. The number of carbonyl (C=O) groups excluding carboxylic acids is 1. The van der Waals surface area contributed by atoms with Gasteiger partial charge in [0, 0.05) is 17.9 Å². The molecule has 3 heterocycles. The number of anilines is 1. The normalized spacial score (nSPS) is 16.3. The summed E-state index contributed by atoms with van der Waals surface area (Å²) < 4.78 is 29.4. The number of nitrogens with one attached hydrogen (secondary N) is 1. The monoisotopic (exact) mass is 375 g/mol. The minimum Gasteiger partial charge on any atom is -0.310 e. The molecule has 1 aliphatic heterocycles. The van der Waals surface area contributed by atoms with Gasteiger partial charge in [-0.1, -0.05) is 23.7 Å². The van der Waals surface area contributed by atoms with Gasteiger partial charge in [-0.05, 0) is 30.7 Å². The highest BCUT2D eigenvalue weighted by atomic mass is 35.5. The molecule has 1 N–H and O–H groups in total. The average Bonchev–Trinajstić information content (AvgIpc) is 2.94. The van der Waals surface area contributed by atoms with Crippen LogP contribution >= 0.6 is 11.6 Å². The molecule has 0 fully saturated rings. The Morgan fingerprint density at radius 3 is 2.77 bits per heavy atom. The molecule has 3 aromatic rings. The van der Waals surface area contributed by atoms with Gasteiger partial charge in [-0.15, -0.1) is 10.2 Å². The maximum Gasteiger partial charge on any atom is 0.226 e. The average molecular weight is 376 g/mol. The summed E-state index contributed by atoms with van der Waals surface area (Å²) >= 11 is 5.76. The Bertz CT molecular complexity index is 1020. The van der Waals surface area contributed by atoms with Crippen LogP contribution in [0.5, 0.6) is 0 Å². The highest BCUT2D eigenvalue weighted by molar-refractivity contribution is 6.29. The maximum atomic E-state index is 14.3. The smallest absolute Gasteiger partial charge is 0.226 e. The quantitative estimate of drug-likeness (QED) is 0.745. The molecule has 6 nitrogen and oxygen atoms in total. The topological polar surface area (TPSA) is 72.7 Å². The van der Waals surface area contributed by atoms with Crippen LogP contribution in [0, 0.1) is 18.6 Å². The molecule has 0 radical (unpaired) electrons. The third-order valence-electron chi connectivity index (χ3n) is 4.29. The lowest BCUT2D eigenvalue weighted by molar-refractivity contribution is -0.116. The fourth-order valence-corrected chi connectivity index (χ4v) is 3.29. The van der Waals surface area contributed by atoms with E-state index in [1.165, 1.54) is 16.8 Å². The molecule has 1 amide bonds. The van der Waals surface area contributed by atoms with Gasteiger partial charge >= 0.3 is 0 Å². The minimum atomic E-state index is -0.961. The first-order valence-electron chi connectivity index (χ1n) is 7.78. The number of aromatic nitrogens is 4. The number of amides is 1. The van der Waals surface area contributed by atoms with Crippen molar-refractivity contribution in [1.29, 1.82) is 0 Å². The van der Waals surface area contributed by atoms with Crippen LogP contribution in [0.4, 0.5) is 14.6 Å². The number of carbonyl (C=O) groups is 1. The van der Waals surface area contributed by atoms with Crippen molar-refractivity contribution in [3.8, 4) is 5.82 Å². The lowest BCUT2D eigenvalue weighted by Crippen LogP contribution is -2.25. The molecular formula is C17H12ClF2N5O. The van der Waals surface area contributed by atoms with Crippen molar-refractivity contribution in [3.63, 3.8) is 0 Å². The van der Waals surface area contributed by atoms with E-state index in [1.807, 2.05) is 0 Å². The molecule has 4 rings (SSSR count). The Morgan fingerprint density at radius 1 is 1.23 bits per heavy atom. The molecule has 9 heteroatoms. The zero-order valence-electron chi connectivity index (χ0n) is 13.5. The summed E-state index contributed by atoms with van der Waals surface area (Å²) in [6.07, 6.45) is -0.00774. The molecule has 1 aliphatic rings. The van der Waals surface area contributed by atoms with Crippen LogP contribution in [0.25, 0.3) is 5.82 Å². The predicted molar refractivity (Wildman–Crippen MR) is 90.3 cm³/mol. The molecular weight excluding hydrogens is 364 g/mol. The van der Waals surface area contributed by atoms with E-state index in [4.69, 9.17) is 11.6 Å². The molecule has 0 spiro atoms. The van der Waals surface area contributed by atoms with Gasteiger partial charge in [0.25, 0.3) is 0 Å². The molecule has 0 saturated heterocycles. The second kappa shape index (κ2) is 6.14. The summed E-state index contributed by atoms with van der Waals surface area (Å²) in [7, 11) is 0. The minimum absolute atomic E-state index is 0.00774. The standard InChI is InChI=1S/C17H12ClF2N5O/c1-8-15-10(9-3-2-4-11(19)16(9)20)7-14(26)21-17(15)25(24-8)13-6-5-12(18)22-23-13/h2-6,10H,7H2,1H3,(H,21,26). The number of hydrogen-bond donors (Lipinski definition) is 1. The van der Waals surface area contributed by atoms with E-state index >= 15 is 0 Å². The van der Waals surface area contributed by atoms with Gasteiger partial charge in [-0.3, -0.25) is 4.79 Å². The Kier molecular flexibility index (Phi) is 3.91. The SMILES string of the molecule is Cc1nn(-c2ccc(Cl)nn2)c2c1C(c1cccc(F)c1F)CC(=O)N2. The van der Waals surface area contributed by atoms with Gasteiger partial charge in [-0.25, -0.2) is 8.78 Å². The molecule has 132 valence electrons. The van der Waals surface area contributed by atoms with Crippen molar-refractivity contribution in [1.82, 2.24) is 20.0 Å². The zero-order valence-corrected chi connectivity index (χ0v) is 14.3. The van der Waals surface area contributed by atoms with Crippen molar-refractivity contribution < 1.29 is 13.6 Å². The summed E-state index contributed by atoms with van der Waals surface area (Å²) in [6.45, 7) is 1.74. The van der Waals surface area contributed by atoms with Gasteiger partial charge in [0.1, 0.15) is 5.82 Å². The molecule has 0 saturated carbocycles. The van der Waals surface area contributed by atoms with Gasteiger partial charge in [0.2, 0.25) is 5.91 Å². The molecule has 0 aliphatic carbocycles. The lowest BCUT2D eigenvalue weighted by atomic mass is 9.85.